The minimum absolute atomic E-state index is 0.0224. The van der Waals surface area contributed by atoms with Crippen LogP contribution >= 0.6 is 7.82 Å². The molecule has 0 saturated heterocycles. The highest BCUT2D eigenvalue weighted by atomic mass is 31.2. The lowest BCUT2D eigenvalue weighted by molar-refractivity contribution is -0.161. The van der Waals surface area contributed by atoms with E-state index in [-0.39, 0.29) is 32.6 Å². The molecule has 3 atom stereocenters. The first-order valence-electron chi connectivity index (χ1n) is 20.8. The van der Waals surface area contributed by atoms with Crippen LogP contribution < -0.4 is 5.73 Å². The number of hydrogen-bond donors (Lipinski definition) is 3. The van der Waals surface area contributed by atoms with E-state index in [0.29, 0.717) is 19.3 Å². The maximum atomic E-state index is 12.5. The molecule has 56 heavy (non-hydrogen) atoms. The van der Waals surface area contributed by atoms with Gasteiger partial charge in [-0.25, -0.2) is 4.57 Å². The highest BCUT2D eigenvalue weighted by Crippen LogP contribution is 2.43. The van der Waals surface area contributed by atoms with Crippen molar-refractivity contribution in [1.82, 2.24) is 0 Å². The standard InChI is InChI=1S/C45H74NO9P/c1-3-5-7-9-11-12-13-14-15-16-17-18-19-20-21-22-24-28-33-37-45(49)55-43(41-54-56(50,51)53-39-38-46)40-52-44(48)36-32-29-25-27-31-35-42(47)34-30-26-23-10-8-6-4-2/h6,8,11-12,14-15,17-18,20-21,23-24,26,28,30,34,42-43,47H,3-5,7,9-10,13,16,19,22,25,27,29,31-33,35-41,46H2,1-2H3,(H,50,51)/b8-6+,12-11-,15-14-,18-17-,21-20-,26-23+,28-24-,34-30+/t42?,43-/m1/s1. The normalized spacial score (nSPS) is 14.9. The molecule has 0 saturated carbocycles. The second-order valence-electron chi connectivity index (χ2n) is 13.3. The highest BCUT2D eigenvalue weighted by molar-refractivity contribution is 7.47. The summed E-state index contributed by atoms with van der Waals surface area (Å²) >= 11 is 0. The van der Waals surface area contributed by atoms with E-state index in [4.69, 9.17) is 24.3 Å². The quantitative estimate of drug-likeness (QED) is 0.0182. The summed E-state index contributed by atoms with van der Waals surface area (Å²) in [5, 5.41) is 10.1. The Balaban J connectivity index is 4.42. The second kappa shape index (κ2) is 40.1. The van der Waals surface area contributed by atoms with Gasteiger partial charge in [-0.3, -0.25) is 18.6 Å². The van der Waals surface area contributed by atoms with Gasteiger partial charge in [-0.05, 0) is 70.6 Å². The van der Waals surface area contributed by atoms with Crippen LogP contribution in [0.5, 0.6) is 0 Å². The summed E-state index contributed by atoms with van der Waals surface area (Å²) in [7, 11) is -4.42. The van der Waals surface area contributed by atoms with Gasteiger partial charge >= 0.3 is 19.8 Å². The molecule has 0 aliphatic carbocycles. The Labute approximate surface area is 339 Å². The van der Waals surface area contributed by atoms with Crippen LogP contribution in [-0.2, 0) is 32.7 Å². The fourth-order valence-electron chi connectivity index (χ4n) is 4.98. The van der Waals surface area contributed by atoms with Gasteiger partial charge in [-0.15, -0.1) is 0 Å². The number of aliphatic hydroxyl groups excluding tert-OH is 1. The van der Waals surface area contributed by atoms with E-state index in [1.807, 2.05) is 30.4 Å². The molecule has 318 valence electrons. The minimum atomic E-state index is -4.42. The van der Waals surface area contributed by atoms with E-state index < -0.39 is 38.6 Å². The largest absolute Gasteiger partial charge is 0.472 e. The first-order valence-corrected chi connectivity index (χ1v) is 22.3. The van der Waals surface area contributed by atoms with Gasteiger partial charge in [0.25, 0.3) is 0 Å². The van der Waals surface area contributed by atoms with Crippen LogP contribution in [0.3, 0.4) is 0 Å². The molecule has 0 bridgehead atoms. The molecule has 0 aromatic rings. The molecule has 0 rings (SSSR count). The molecule has 0 aliphatic rings. The van der Waals surface area contributed by atoms with Gasteiger partial charge in [0.15, 0.2) is 6.10 Å². The monoisotopic (exact) mass is 804 g/mol. The maximum Gasteiger partial charge on any atom is 0.472 e. The molecule has 10 nitrogen and oxygen atoms in total. The average Bonchev–Trinajstić information content (AvgIpc) is 3.18. The van der Waals surface area contributed by atoms with Gasteiger partial charge in [-0.2, -0.15) is 0 Å². The molecule has 0 heterocycles. The molecule has 0 aliphatic heterocycles. The summed E-state index contributed by atoms with van der Waals surface area (Å²) < 4.78 is 32.6. The summed E-state index contributed by atoms with van der Waals surface area (Å²) in [6.07, 6.45) is 47.6. The number of phosphoric ester groups is 1. The Morgan fingerprint density at radius 1 is 0.643 bits per heavy atom. The summed E-state index contributed by atoms with van der Waals surface area (Å²) in [4.78, 5) is 34.8. The predicted octanol–water partition coefficient (Wildman–Crippen LogP) is 10.8. The lowest BCUT2D eigenvalue weighted by Gasteiger charge is -2.19. The fraction of sp³-hybridized carbons (Fsp3) is 0.600. The van der Waals surface area contributed by atoms with Gasteiger partial charge in [0.2, 0.25) is 0 Å². The molecular formula is C45H74NO9P. The SMILES string of the molecule is CC/C=C/C/C=C/C=C/C(O)CCCCCCCC(=O)OC[C@H](COP(=O)(O)OCCN)OC(=O)CC/C=C\C/C=C\C/C=C\C/C=C\C/C=C\CCCCC. The maximum absolute atomic E-state index is 12.5. The number of phosphoric acid groups is 1. The van der Waals surface area contributed by atoms with Crippen LogP contribution in [0.2, 0.25) is 0 Å². The Morgan fingerprint density at radius 2 is 1.23 bits per heavy atom. The number of nitrogens with two attached hydrogens (primary N) is 1. The van der Waals surface area contributed by atoms with Gasteiger partial charge in [-0.1, -0.05) is 150 Å². The van der Waals surface area contributed by atoms with E-state index >= 15 is 0 Å². The summed E-state index contributed by atoms with van der Waals surface area (Å²) in [5.41, 5.74) is 5.33. The van der Waals surface area contributed by atoms with Crippen LogP contribution in [0.15, 0.2) is 97.2 Å². The number of aliphatic hydroxyl groups is 1. The Hall–Kier alpha value is -3.11. The van der Waals surface area contributed by atoms with Gasteiger partial charge in [0.1, 0.15) is 6.61 Å². The third-order valence-corrected chi connectivity index (χ3v) is 9.06. The number of carbonyl (C=O) groups excluding carboxylic acids is 2. The molecule has 2 unspecified atom stereocenters. The third-order valence-electron chi connectivity index (χ3n) is 8.07. The summed E-state index contributed by atoms with van der Waals surface area (Å²) in [6.45, 7) is 3.34. The van der Waals surface area contributed by atoms with E-state index in [2.05, 4.69) is 74.6 Å². The van der Waals surface area contributed by atoms with Crippen molar-refractivity contribution in [2.24, 2.45) is 5.73 Å². The van der Waals surface area contributed by atoms with E-state index in [1.54, 1.807) is 6.08 Å². The average molecular weight is 804 g/mol. The first kappa shape index (κ1) is 52.9. The molecule has 4 N–H and O–H groups in total. The van der Waals surface area contributed by atoms with Crippen LogP contribution in [0.1, 0.15) is 136 Å². The third kappa shape index (κ3) is 39.1. The van der Waals surface area contributed by atoms with Crippen LogP contribution in [-0.4, -0.2) is 60.5 Å². The topological polar surface area (TPSA) is 155 Å². The first-order chi connectivity index (χ1) is 27.2. The van der Waals surface area contributed by atoms with Crippen LogP contribution in [0.25, 0.3) is 0 Å². The summed E-state index contributed by atoms with van der Waals surface area (Å²) in [6, 6.07) is 0. The van der Waals surface area contributed by atoms with Crippen molar-refractivity contribution in [3.05, 3.63) is 97.2 Å². The van der Waals surface area contributed by atoms with Crippen molar-refractivity contribution in [1.29, 1.82) is 0 Å². The van der Waals surface area contributed by atoms with Crippen molar-refractivity contribution in [3.63, 3.8) is 0 Å². The Bertz CT molecular complexity index is 1250. The molecule has 0 aromatic heterocycles. The molecule has 0 spiro atoms. The number of hydrogen-bond acceptors (Lipinski definition) is 9. The number of rotatable bonds is 37. The number of ether oxygens (including phenoxy) is 2. The smallest absolute Gasteiger partial charge is 0.462 e. The van der Waals surface area contributed by atoms with Crippen molar-refractivity contribution in [3.8, 4) is 0 Å². The number of carbonyl (C=O) groups is 2. The zero-order valence-electron chi connectivity index (χ0n) is 34.4. The lowest BCUT2D eigenvalue weighted by atomic mass is 10.1. The summed E-state index contributed by atoms with van der Waals surface area (Å²) in [5.74, 6) is -1.01. The Kier molecular flexibility index (Phi) is 37.9. The van der Waals surface area contributed by atoms with E-state index in [0.717, 1.165) is 64.2 Å². The second-order valence-corrected chi connectivity index (χ2v) is 14.8. The van der Waals surface area contributed by atoms with Crippen LogP contribution in [0, 0.1) is 0 Å². The van der Waals surface area contributed by atoms with Gasteiger partial charge in [0, 0.05) is 19.4 Å². The molecule has 11 heteroatoms. The molecular weight excluding hydrogens is 729 g/mol. The lowest BCUT2D eigenvalue weighted by Crippen LogP contribution is -2.29. The van der Waals surface area contributed by atoms with Crippen molar-refractivity contribution in [2.45, 2.75) is 148 Å². The molecule has 0 radical (unpaired) electrons. The van der Waals surface area contributed by atoms with Crippen molar-refractivity contribution in [2.75, 3.05) is 26.4 Å². The van der Waals surface area contributed by atoms with E-state index in [1.165, 1.54) is 25.7 Å². The Morgan fingerprint density at radius 3 is 1.88 bits per heavy atom. The minimum Gasteiger partial charge on any atom is -0.462 e. The zero-order valence-corrected chi connectivity index (χ0v) is 35.3. The van der Waals surface area contributed by atoms with Crippen molar-refractivity contribution >= 4 is 19.8 Å². The van der Waals surface area contributed by atoms with Gasteiger partial charge < -0.3 is 25.2 Å². The molecule has 0 amide bonds. The van der Waals surface area contributed by atoms with Crippen molar-refractivity contribution < 1.29 is 42.7 Å². The fourth-order valence-corrected chi connectivity index (χ4v) is 5.74. The molecule has 0 aromatic carbocycles. The molecule has 0 fully saturated rings. The number of allylic oxidation sites excluding steroid dienone is 15. The van der Waals surface area contributed by atoms with E-state index in [9.17, 15) is 24.2 Å². The number of unbranched alkanes of at least 4 members (excludes halogenated alkanes) is 7. The number of esters is 2. The van der Waals surface area contributed by atoms with Crippen LogP contribution in [0.4, 0.5) is 0 Å². The predicted molar refractivity (Wildman–Crippen MR) is 230 cm³/mol. The van der Waals surface area contributed by atoms with Gasteiger partial charge in [0.05, 0.1) is 19.3 Å². The highest BCUT2D eigenvalue weighted by Gasteiger charge is 2.25. The zero-order chi connectivity index (χ0) is 41.2.